The molecule has 90 valence electrons. The van der Waals surface area contributed by atoms with Crippen molar-refractivity contribution in [3.63, 3.8) is 0 Å². The van der Waals surface area contributed by atoms with Crippen molar-refractivity contribution in [1.82, 2.24) is 0 Å². The maximum Gasteiger partial charge on any atom is 0.169 e. The van der Waals surface area contributed by atoms with Crippen molar-refractivity contribution in [2.24, 2.45) is 0 Å². The molecule has 0 aromatic heterocycles. The second-order valence-corrected chi connectivity index (χ2v) is 4.32. The maximum atomic E-state index is 11.2. The van der Waals surface area contributed by atoms with Gasteiger partial charge < -0.3 is 9.47 Å². The Morgan fingerprint density at radius 3 is 2.41 bits per heavy atom. The molecule has 17 heavy (non-hydrogen) atoms. The lowest BCUT2D eigenvalue weighted by atomic mass is 9.99. The first kappa shape index (κ1) is 11.7. The standard InChI is InChI=1S/C14H16O3/c1-9(2)12(8-15)11-5-4-10(3)13-14(11)17-7-6-16-13/h4-5,8H,6-7H2,1-3H3. The third-order valence-corrected chi connectivity index (χ3v) is 2.83. The molecule has 0 radical (unpaired) electrons. The van der Waals surface area contributed by atoms with Crippen LogP contribution in [0.3, 0.4) is 0 Å². The average molecular weight is 232 g/mol. The zero-order valence-corrected chi connectivity index (χ0v) is 10.4. The molecular weight excluding hydrogens is 216 g/mol. The Kier molecular flexibility index (Phi) is 3.18. The lowest BCUT2D eigenvalue weighted by Crippen LogP contribution is -2.17. The van der Waals surface area contributed by atoms with E-state index in [-0.39, 0.29) is 0 Å². The number of benzene rings is 1. The molecule has 0 amide bonds. The van der Waals surface area contributed by atoms with Gasteiger partial charge in [-0.05, 0) is 32.4 Å². The summed E-state index contributed by atoms with van der Waals surface area (Å²) in [4.78, 5) is 11.2. The van der Waals surface area contributed by atoms with Crippen LogP contribution in [-0.2, 0) is 4.79 Å². The fraction of sp³-hybridized carbons (Fsp3) is 0.357. The Hall–Kier alpha value is -1.77. The molecule has 2 rings (SSSR count). The lowest BCUT2D eigenvalue weighted by Gasteiger charge is -2.23. The summed E-state index contributed by atoms with van der Waals surface area (Å²) < 4.78 is 11.3. The van der Waals surface area contributed by atoms with Crippen LogP contribution in [0.15, 0.2) is 17.7 Å². The van der Waals surface area contributed by atoms with Crippen molar-refractivity contribution in [2.75, 3.05) is 13.2 Å². The predicted octanol–water partition coefficient (Wildman–Crippen LogP) is 2.76. The van der Waals surface area contributed by atoms with Gasteiger partial charge in [0.1, 0.15) is 13.2 Å². The first-order valence-electron chi connectivity index (χ1n) is 5.67. The molecule has 0 unspecified atom stereocenters. The molecule has 3 nitrogen and oxygen atoms in total. The van der Waals surface area contributed by atoms with Crippen LogP contribution in [0.25, 0.3) is 5.57 Å². The molecule has 3 heteroatoms. The number of hydrogen-bond donors (Lipinski definition) is 0. The first-order valence-corrected chi connectivity index (χ1v) is 5.67. The fourth-order valence-corrected chi connectivity index (χ4v) is 1.93. The minimum Gasteiger partial charge on any atom is -0.486 e. The number of fused-ring (bicyclic) bond motifs is 1. The molecule has 1 aromatic rings. The third kappa shape index (κ3) is 2.05. The summed E-state index contributed by atoms with van der Waals surface area (Å²) in [6.07, 6.45) is 0.873. The van der Waals surface area contributed by atoms with E-state index in [1.807, 2.05) is 32.9 Å². The first-order chi connectivity index (χ1) is 8.15. The second-order valence-electron chi connectivity index (χ2n) is 4.32. The van der Waals surface area contributed by atoms with Crippen LogP contribution < -0.4 is 9.47 Å². The molecule has 1 heterocycles. The smallest absolute Gasteiger partial charge is 0.169 e. The van der Waals surface area contributed by atoms with E-state index in [0.717, 1.165) is 28.7 Å². The summed E-state index contributed by atoms with van der Waals surface area (Å²) in [5.74, 6) is 1.45. The quantitative estimate of drug-likeness (QED) is 0.581. The van der Waals surface area contributed by atoms with Gasteiger partial charge in [0.2, 0.25) is 0 Å². The molecule has 0 saturated carbocycles. The zero-order valence-electron chi connectivity index (χ0n) is 10.4. The Labute approximate surface area is 101 Å². The Morgan fingerprint density at radius 1 is 1.18 bits per heavy atom. The van der Waals surface area contributed by atoms with E-state index in [0.29, 0.717) is 24.5 Å². The second kappa shape index (κ2) is 4.62. The summed E-state index contributed by atoms with van der Waals surface area (Å²) in [5.41, 5.74) is 3.50. The summed E-state index contributed by atoms with van der Waals surface area (Å²) in [6.45, 7) is 6.89. The number of aryl methyl sites for hydroxylation is 1. The van der Waals surface area contributed by atoms with Crippen molar-refractivity contribution in [3.8, 4) is 11.5 Å². The summed E-state index contributed by atoms with van der Waals surface area (Å²) in [5, 5.41) is 0. The minimum atomic E-state index is 0.526. The van der Waals surface area contributed by atoms with Crippen LogP contribution in [0.4, 0.5) is 0 Å². The summed E-state index contributed by atoms with van der Waals surface area (Å²) >= 11 is 0. The molecular formula is C14H16O3. The highest BCUT2D eigenvalue weighted by atomic mass is 16.6. The van der Waals surface area contributed by atoms with E-state index in [9.17, 15) is 4.79 Å². The maximum absolute atomic E-state index is 11.2. The average Bonchev–Trinajstić information content (AvgIpc) is 2.33. The van der Waals surface area contributed by atoms with Crippen LogP contribution in [0, 0.1) is 6.92 Å². The van der Waals surface area contributed by atoms with Crippen LogP contribution in [-0.4, -0.2) is 19.5 Å². The van der Waals surface area contributed by atoms with Crippen LogP contribution >= 0.6 is 0 Å². The van der Waals surface area contributed by atoms with Crippen LogP contribution in [0.2, 0.25) is 0 Å². The van der Waals surface area contributed by atoms with Crippen molar-refractivity contribution in [1.29, 1.82) is 0 Å². The molecule has 1 aromatic carbocycles. The van der Waals surface area contributed by atoms with E-state index in [4.69, 9.17) is 9.47 Å². The monoisotopic (exact) mass is 232 g/mol. The Morgan fingerprint density at radius 2 is 1.82 bits per heavy atom. The molecule has 0 bridgehead atoms. The van der Waals surface area contributed by atoms with Gasteiger partial charge in [0.15, 0.2) is 17.8 Å². The highest BCUT2D eigenvalue weighted by molar-refractivity contribution is 6.09. The highest BCUT2D eigenvalue weighted by Gasteiger charge is 2.20. The third-order valence-electron chi connectivity index (χ3n) is 2.83. The van der Waals surface area contributed by atoms with Crippen molar-refractivity contribution in [3.05, 3.63) is 28.8 Å². The van der Waals surface area contributed by atoms with Gasteiger partial charge in [-0.1, -0.05) is 11.6 Å². The molecule has 1 aliphatic rings. The normalized spacial score (nSPS) is 13.1. The molecule has 0 spiro atoms. The summed E-state index contributed by atoms with van der Waals surface area (Å²) in [7, 11) is 0. The largest absolute Gasteiger partial charge is 0.486 e. The number of rotatable bonds is 2. The SMILES string of the molecule is CC(C)=C(C=O)c1ccc(C)c2c1OCCO2. The number of hydrogen-bond acceptors (Lipinski definition) is 3. The van der Waals surface area contributed by atoms with Gasteiger partial charge in [0.05, 0.1) is 0 Å². The van der Waals surface area contributed by atoms with E-state index in [1.54, 1.807) is 0 Å². The van der Waals surface area contributed by atoms with Crippen LogP contribution in [0.5, 0.6) is 11.5 Å². The van der Waals surface area contributed by atoms with Crippen molar-refractivity contribution < 1.29 is 14.3 Å². The van der Waals surface area contributed by atoms with Gasteiger partial charge in [0, 0.05) is 11.1 Å². The summed E-state index contributed by atoms with van der Waals surface area (Å²) in [6, 6.07) is 3.87. The van der Waals surface area contributed by atoms with Crippen molar-refractivity contribution >= 4 is 11.9 Å². The van der Waals surface area contributed by atoms with E-state index in [1.165, 1.54) is 0 Å². The molecule has 0 saturated heterocycles. The number of allylic oxidation sites excluding steroid dienone is 2. The van der Waals surface area contributed by atoms with Gasteiger partial charge in [-0.3, -0.25) is 4.79 Å². The minimum absolute atomic E-state index is 0.526. The fourth-order valence-electron chi connectivity index (χ4n) is 1.93. The van der Waals surface area contributed by atoms with E-state index in [2.05, 4.69) is 0 Å². The predicted molar refractivity (Wildman–Crippen MR) is 66.5 cm³/mol. The van der Waals surface area contributed by atoms with Crippen molar-refractivity contribution in [2.45, 2.75) is 20.8 Å². The van der Waals surface area contributed by atoms with E-state index < -0.39 is 0 Å². The van der Waals surface area contributed by atoms with Gasteiger partial charge in [-0.2, -0.15) is 0 Å². The van der Waals surface area contributed by atoms with Gasteiger partial charge >= 0.3 is 0 Å². The molecule has 0 aliphatic carbocycles. The van der Waals surface area contributed by atoms with E-state index >= 15 is 0 Å². The molecule has 1 aliphatic heterocycles. The van der Waals surface area contributed by atoms with Gasteiger partial charge in [-0.15, -0.1) is 0 Å². The molecule has 0 atom stereocenters. The lowest BCUT2D eigenvalue weighted by molar-refractivity contribution is -0.103. The molecule has 0 fully saturated rings. The number of aldehydes is 1. The van der Waals surface area contributed by atoms with Gasteiger partial charge in [-0.25, -0.2) is 0 Å². The van der Waals surface area contributed by atoms with Crippen LogP contribution in [0.1, 0.15) is 25.0 Å². The highest BCUT2D eigenvalue weighted by Crippen LogP contribution is 2.40. The molecule has 0 N–H and O–H groups in total. The Balaban J connectivity index is 2.63. The number of carbonyl (C=O) groups is 1. The number of ether oxygens (including phenoxy) is 2. The number of carbonyl (C=O) groups excluding carboxylic acids is 1. The Bertz CT molecular complexity index is 482. The zero-order chi connectivity index (χ0) is 12.4. The topological polar surface area (TPSA) is 35.5 Å². The van der Waals surface area contributed by atoms with Gasteiger partial charge in [0.25, 0.3) is 0 Å².